The Morgan fingerprint density at radius 3 is 1.43 bits per heavy atom. The van der Waals surface area contributed by atoms with Crippen LogP contribution in [-0.2, 0) is 28.6 Å². The summed E-state index contributed by atoms with van der Waals surface area (Å²) >= 11 is 0. The summed E-state index contributed by atoms with van der Waals surface area (Å²) in [6.07, 6.45) is 33.1. The van der Waals surface area contributed by atoms with Crippen molar-refractivity contribution in [2.75, 3.05) is 47.6 Å². The van der Waals surface area contributed by atoms with Crippen LogP contribution in [0.15, 0.2) is 0 Å². The van der Waals surface area contributed by atoms with Gasteiger partial charge in [-0.25, -0.2) is 0 Å². The number of methoxy groups -OCH3 is 1. The highest BCUT2D eigenvalue weighted by Crippen LogP contribution is 2.64. The standard InChI is InChI=1S/C46H84O5.C5H13NO/c1-7-11-15-20-39(21-16-12-8-2)26-32-50-42(48)24-29-45(6)35-41-34-44(5,28-19-31-47)37-46(36-41,38-45)30-25-43(49)51-33-27-40(22-17-13-9-3)23-18-14-10-4;1-6(2)4-5-7-3/h31,39-41H,7-30,32-38H2,1-6H3;4-5H2,1-3H3. The Labute approximate surface area is 360 Å². The second-order valence-electron chi connectivity index (χ2n) is 20.2. The van der Waals surface area contributed by atoms with Crippen LogP contribution in [0, 0.1) is 34.0 Å². The molecular formula is C51H97NO6. The lowest BCUT2D eigenvalue weighted by molar-refractivity contribution is -0.147. The number of rotatable bonds is 34. The van der Waals surface area contributed by atoms with E-state index in [1.165, 1.54) is 103 Å². The number of hydrogen-bond donors (Lipinski definition) is 0. The van der Waals surface area contributed by atoms with E-state index in [1.807, 2.05) is 14.1 Å². The summed E-state index contributed by atoms with van der Waals surface area (Å²) in [5.41, 5.74) is 0.247. The Bertz CT molecular complexity index is 1030. The van der Waals surface area contributed by atoms with E-state index < -0.39 is 0 Å². The van der Waals surface area contributed by atoms with Crippen LogP contribution in [0.3, 0.4) is 0 Å². The van der Waals surface area contributed by atoms with Gasteiger partial charge in [-0.05, 0) is 112 Å². The fraction of sp³-hybridized carbons (Fsp3) is 0.941. The minimum Gasteiger partial charge on any atom is -0.466 e. The molecule has 342 valence electrons. The number of unbranched alkanes of at least 4 members (excludes halogenated alkanes) is 8. The van der Waals surface area contributed by atoms with Crippen molar-refractivity contribution in [2.24, 2.45) is 34.0 Å². The molecule has 58 heavy (non-hydrogen) atoms. The molecule has 2 saturated carbocycles. The first-order chi connectivity index (χ1) is 27.8. The molecule has 0 spiro atoms. The van der Waals surface area contributed by atoms with Gasteiger partial charge in [0.15, 0.2) is 0 Å². The number of likely N-dealkylation sites (N-methyl/N-ethyl adjacent to an activating group) is 1. The van der Waals surface area contributed by atoms with Gasteiger partial charge in [0.1, 0.15) is 6.29 Å². The Morgan fingerprint density at radius 2 is 1.05 bits per heavy atom. The summed E-state index contributed by atoms with van der Waals surface area (Å²) in [7, 11) is 5.77. The second kappa shape index (κ2) is 32.3. The molecule has 0 aromatic rings. The van der Waals surface area contributed by atoms with Gasteiger partial charge >= 0.3 is 11.9 Å². The highest BCUT2D eigenvalue weighted by molar-refractivity contribution is 5.69. The largest absolute Gasteiger partial charge is 0.466 e. The summed E-state index contributed by atoms with van der Waals surface area (Å²) in [4.78, 5) is 39.8. The monoisotopic (exact) mass is 820 g/mol. The molecule has 0 saturated heterocycles. The molecule has 2 rings (SSSR count). The van der Waals surface area contributed by atoms with E-state index in [0.29, 0.717) is 50.2 Å². The maximum Gasteiger partial charge on any atom is 0.305 e. The molecule has 2 aliphatic carbocycles. The van der Waals surface area contributed by atoms with Crippen molar-refractivity contribution in [3.05, 3.63) is 0 Å². The molecule has 4 atom stereocenters. The fourth-order valence-corrected chi connectivity index (χ4v) is 10.9. The molecule has 4 unspecified atom stereocenters. The third-order valence-corrected chi connectivity index (χ3v) is 13.7. The van der Waals surface area contributed by atoms with Gasteiger partial charge in [0, 0.05) is 32.9 Å². The Morgan fingerprint density at radius 1 is 0.621 bits per heavy atom. The van der Waals surface area contributed by atoms with E-state index in [4.69, 9.17) is 14.2 Å². The van der Waals surface area contributed by atoms with E-state index in [0.717, 1.165) is 83.6 Å². The van der Waals surface area contributed by atoms with E-state index in [2.05, 4.69) is 46.4 Å². The van der Waals surface area contributed by atoms with Gasteiger partial charge in [-0.15, -0.1) is 0 Å². The normalized spacial score (nSPS) is 22.9. The van der Waals surface area contributed by atoms with Crippen molar-refractivity contribution >= 4 is 18.2 Å². The van der Waals surface area contributed by atoms with E-state index in [9.17, 15) is 14.4 Å². The molecule has 0 aliphatic heterocycles. The van der Waals surface area contributed by atoms with Gasteiger partial charge in [0.25, 0.3) is 0 Å². The molecule has 0 N–H and O–H groups in total. The molecule has 7 heteroatoms. The topological polar surface area (TPSA) is 82.1 Å². The molecule has 2 fully saturated rings. The summed E-state index contributed by atoms with van der Waals surface area (Å²) in [5.74, 6) is 1.82. The molecule has 0 amide bonds. The number of nitrogens with zero attached hydrogens (tertiary/aromatic N) is 1. The van der Waals surface area contributed by atoms with Gasteiger partial charge in [0.2, 0.25) is 0 Å². The second-order valence-corrected chi connectivity index (χ2v) is 20.2. The minimum absolute atomic E-state index is 0.0380. The van der Waals surface area contributed by atoms with Gasteiger partial charge in [-0.2, -0.15) is 0 Å². The van der Waals surface area contributed by atoms with Crippen molar-refractivity contribution < 1.29 is 28.6 Å². The maximum atomic E-state index is 13.2. The first kappa shape index (κ1) is 54.5. The fourth-order valence-electron chi connectivity index (χ4n) is 10.9. The minimum atomic E-state index is -0.0412. The van der Waals surface area contributed by atoms with Gasteiger partial charge < -0.3 is 23.9 Å². The Balaban J connectivity index is 0.00000219. The highest BCUT2D eigenvalue weighted by atomic mass is 16.5. The number of carbonyl (C=O) groups excluding carboxylic acids is 3. The zero-order chi connectivity index (χ0) is 43.1. The number of hydrogen-bond acceptors (Lipinski definition) is 7. The zero-order valence-electron chi connectivity index (χ0n) is 40.0. The number of carbonyl (C=O) groups is 3. The molecule has 2 aliphatic rings. The SMILES string of the molecule is CCCCCC(CCCCC)CCOC(=O)CCC1(C)CC2CC(C)(CCC=O)CC(CCC(=O)OCCC(CCCCC)CCCCC)(C2)C1.COCCN(C)C. The van der Waals surface area contributed by atoms with Crippen molar-refractivity contribution in [1.82, 2.24) is 4.90 Å². The average Bonchev–Trinajstić information content (AvgIpc) is 3.17. The van der Waals surface area contributed by atoms with Crippen LogP contribution in [0.25, 0.3) is 0 Å². The van der Waals surface area contributed by atoms with Crippen molar-refractivity contribution in [1.29, 1.82) is 0 Å². The van der Waals surface area contributed by atoms with Gasteiger partial charge in [-0.3, -0.25) is 9.59 Å². The van der Waals surface area contributed by atoms with Gasteiger partial charge in [0.05, 0.1) is 19.8 Å². The summed E-state index contributed by atoms with van der Waals surface area (Å²) in [6, 6.07) is 0. The molecule has 0 heterocycles. The molecule has 0 aromatic carbocycles. The lowest BCUT2D eigenvalue weighted by atomic mass is 9.47. The maximum absolute atomic E-state index is 13.2. The molecule has 0 radical (unpaired) electrons. The lowest BCUT2D eigenvalue weighted by Crippen LogP contribution is -2.48. The average molecular weight is 820 g/mol. The van der Waals surface area contributed by atoms with E-state index >= 15 is 0 Å². The quantitative estimate of drug-likeness (QED) is 0.0363. The lowest BCUT2D eigenvalue weighted by Gasteiger charge is -2.58. The predicted octanol–water partition coefficient (Wildman–Crippen LogP) is 13.7. The molecule has 7 nitrogen and oxygen atoms in total. The van der Waals surface area contributed by atoms with Crippen molar-refractivity contribution in [3.63, 3.8) is 0 Å². The zero-order valence-corrected chi connectivity index (χ0v) is 40.0. The molecule has 0 aromatic heterocycles. The molecule has 2 bridgehead atoms. The Kier molecular flexibility index (Phi) is 30.4. The van der Waals surface area contributed by atoms with E-state index in [1.54, 1.807) is 7.11 Å². The van der Waals surface area contributed by atoms with Crippen LogP contribution >= 0.6 is 0 Å². The number of ether oxygens (including phenoxy) is 3. The smallest absolute Gasteiger partial charge is 0.305 e. The Hall–Kier alpha value is -1.47. The third kappa shape index (κ3) is 25.3. The number of aldehydes is 1. The van der Waals surface area contributed by atoms with Crippen LogP contribution in [0.4, 0.5) is 0 Å². The predicted molar refractivity (Wildman–Crippen MR) is 244 cm³/mol. The molecular weight excluding hydrogens is 723 g/mol. The summed E-state index contributed by atoms with van der Waals surface area (Å²) < 4.78 is 16.6. The van der Waals surface area contributed by atoms with Crippen LogP contribution in [-0.4, -0.2) is 70.7 Å². The van der Waals surface area contributed by atoms with Crippen LogP contribution in [0.5, 0.6) is 0 Å². The highest BCUT2D eigenvalue weighted by Gasteiger charge is 2.53. The number of fused-ring (bicyclic) bond motifs is 2. The number of esters is 2. The van der Waals surface area contributed by atoms with Crippen molar-refractivity contribution in [2.45, 2.75) is 228 Å². The third-order valence-electron chi connectivity index (χ3n) is 13.7. The van der Waals surface area contributed by atoms with Crippen molar-refractivity contribution in [3.8, 4) is 0 Å². The van der Waals surface area contributed by atoms with Gasteiger partial charge in [-0.1, -0.05) is 144 Å². The van der Waals surface area contributed by atoms with E-state index in [-0.39, 0.29) is 28.2 Å². The summed E-state index contributed by atoms with van der Waals surface area (Å²) in [6.45, 7) is 16.8. The first-order valence-corrected chi connectivity index (χ1v) is 24.7. The van der Waals surface area contributed by atoms with Crippen LogP contribution in [0.2, 0.25) is 0 Å². The van der Waals surface area contributed by atoms with Crippen LogP contribution in [0.1, 0.15) is 228 Å². The van der Waals surface area contributed by atoms with Crippen LogP contribution < -0.4 is 0 Å². The first-order valence-electron chi connectivity index (χ1n) is 24.7. The summed E-state index contributed by atoms with van der Waals surface area (Å²) in [5, 5.41) is 0.